The molecule has 0 aromatic heterocycles. The van der Waals surface area contributed by atoms with Gasteiger partial charge in [-0.2, -0.15) is 0 Å². The lowest BCUT2D eigenvalue weighted by Gasteiger charge is -2.21. The van der Waals surface area contributed by atoms with E-state index in [-0.39, 0.29) is 0 Å². The minimum Gasteiger partial charge on any atom is -0.457 e. The highest BCUT2D eigenvalue weighted by atomic mass is 16.5. The SMILES string of the molecule is c1cc2cc(c1)Oc1cccc(c1)Nc1ccccc1Nc1c3cccc1-c1ccc(cc1)CCc1ccc(cc1)-c1cccc(c1Nc1ccccc1N2)-c1ccc(cc1)CCc1ccc-3cc1. The molecule has 0 fully saturated rings. The molecule has 13 aliphatic rings. The quantitative estimate of drug-likeness (QED) is 0.122. The van der Waals surface area contributed by atoms with Crippen LogP contribution in [0.4, 0.5) is 45.5 Å². The van der Waals surface area contributed by atoms with Crippen molar-refractivity contribution in [1.29, 1.82) is 0 Å². The van der Waals surface area contributed by atoms with E-state index in [0.29, 0.717) is 0 Å². The molecule has 23 rings (SSSR count). The molecule has 0 saturated carbocycles. The molecule has 6 aliphatic heterocycles. The fourth-order valence-corrected chi connectivity index (χ4v) is 9.71. The molecule has 6 heterocycles. The van der Waals surface area contributed by atoms with Crippen molar-refractivity contribution in [3.05, 3.63) is 253 Å². The summed E-state index contributed by atoms with van der Waals surface area (Å²) in [7, 11) is 0. The third kappa shape index (κ3) is 8.94. The maximum absolute atomic E-state index is 6.58. The molecule has 0 spiro atoms. The second-order valence-corrected chi connectivity index (χ2v) is 18.0. The second-order valence-electron chi connectivity index (χ2n) is 18.0. The monoisotopic (exact) mass is 890 g/mol. The summed E-state index contributed by atoms with van der Waals surface area (Å²) in [6.07, 6.45) is 3.75. The Kier molecular flexibility index (Phi) is 11.1. The summed E-state index contributed by atoms with van der Waals surface area (Å²) in [5, 5.41) is 15.4. The van der Waals surface area contributed by atoms with Crippen LogP contribution in [-0.4, -0.2) is 0 Å². The first kappa shape index (κ1) is 41.6. The van der Waals surface area contributed by atoms with Gasteiger partial charge >= 0.3 is 0 Å². The second kappa shape index (κ2) is 18.5. The van der Waals surface area contributed by atoms with Crippen LogP contribution in [0, 0.1) is 0 Å². The molecule has 7 aliphatic carbocycles. The number of aryl methyl sites for hydroxylation is 4. The Morgan fingerprint density at radius 1 is 0.261 bits per heavy atom. The number of benzene rings is 10. The van der Waals surface area contributed by atoms with Gasteiger partial charge in [-0.3, -0.25) is 0 Å². The lowest BCUT2D eigenvalue weighted by molar-refractivity contribution is 0.483. The third-order valence-corrected chi connectivity index (χ3v) is 13.4. The van der Waals surface area contributed by atoms with E-state index in [4.69, 9.17) is 4.74 Å². The number of nitrogens with one attached hydrogen (secondary N) is 4. The van der Waals surface area contributed by atoms with Crippen molar-refractivity contribution in [2.75, 3.05) is 21.3 Å². The predicted octanol–water partition coefficient (Wildman–Crippen LogP) is 17.3. The Balaban J connectivity index is 1.04. The first-order valence-electron chi connectivity index (χ1n) is 23.9. The molecule has 0 atom stereocenters. The molecule has 332 valence electrons. The van der Waals surface area contributed by atoms with E-state index in [1.54, 1.807) is 0 Å². The number of hydrogen-bond donors (Lipinski definition) is 4. The largest absolute Gasteiger partial charge is 0.457 e. The summed E-state index contributed by atoms with van der Waals surface area (Å²) in [5.74, 6) is 1.45. The first-order valence-corrected chi connectivity index (χ1v) is 23.9. The minimum absolute atomic E-state index is 0.724. The minimum atomic E-state index is 0.724. The molecule has 0 saturated heterocycles. The van der Waals surface area contributed by atoms with Gasteiger partial charge in [0, 0.05) is 45.8 Å². The van der Waals surface area contributed by atoms with Crippen molar-refractivity contribution in [1.82, 2.24) is 0 Å². The standard InChI is InChI=1S/C64H50N4O/c1-3-19-61-59(17-1)65-51-9-5-11-53(41-51)69-54-12-6-10-52(42-54)66-60-18-2-4-20-62(60)68-64-57-15-8-16-58(64)50-39-31-46(32-40-50)24-22-44-27-35-48(36-28-44)56-14-7-13-55(63(56)67-61)47-33-25-43(26-34-47)21-23-45-29-37-49(57)38-30-45/h1-20,25-42,65-68H,21-24H2. The molecule has 10 aromatic carbocycles. The Morgan fingerprint density at radius 2 is 0.551 bits per heavy atom. The van der Waals surface area contributed by atoms with Gasteiger partial charge in [-0.25, -0.2) is 0 Å². The number of hydrogen-bond acceptors (Lipinski definition) is 5. The number of para-hydroxylation sites is 6. The van der Waals surface area contributed by atoms with Gasteiger partial charge in [-0.1, -0.05) is 170 Å². The normalized spacial score (nSPS) is 12.7. The zero-order valence-electron chi connectivity index (χ0n) is 38.2. The smallest absolute Gasteiger partial charge is 0.129 e. The van der Waals surface area contributed by atoms with E-state index in [1.807, 2.05) is 36.4 Å². The van der Waals surface area contributed by atoms with Crippen LogP contribution in [0.5, 0.6) is 11.5 Å². The number of rotatable bonds is 0. The Labute approximate surface area is 404 Å². The van der Waals surface area contributed by atoms with Crippen molar-refractivity contribution in [2.45, 2.75) is 25.7 Å². The zero-order valence-corrected chi connectivity index (χ0v) is 38.2. The van der Waals surface area contributed by atoms with Crippen molar-refractivity contribution >= 4 is 45.5 Å². The van der Waals surface area contributed by atoms with Gasteiger partial charge in [0.05, 0.1) is 34.1 Å². The van der Waals surface area contributed by atoms with E-state index in [2.05, 4.69) is 215 Å². The van der Waals surface area contributed by atoms with Gasteiger partial charge in [-0.15, -0.1) is 0 Å². The lowest BCUT2D eigenvalue weighted by atomic mass is 9.92. The number of anilines is 8. The molecule has 0 unspecified atom stereocenters. The Bertz CT molecular complexity index is 3090. The van der Waals surface area contributed by atoms with Crippen molar-refractivity contribution < 1.29 is 4.74 Å². The van der Waals surface area contributed by atoms with Gasteiger partial charge in [0.2, 0.25) is 0 Å². The van der Waals surface area contributed by atoms with Crippen LogP contribution in [0.15, 0.2) is 231 Å². The molecular weight excluding hydrogens is 841 g/mol. The first-order chi connectivity index (χ1) is 34.1. The summed E-state index contributed by atoms with van der Waals surface area (Å²) in [4.78, 5) is 0. The van der Waals surface area contributed by atoms with Crippen LogP contribution < -0.4 is 26.0 Å². The highest BCUT2D eigenvalue weighted by molar-refractivity contribution is 5.96. The van der Waals surface area contributed by atoms with E-state index in [9.17, 15) is 0 Å². The fraction of sp³-hybridized carbons (Fsp3) is 0.0625. The summed E-state index contributed by atoms with van der Waals surface area (Å²) in [5.41, 5.74) is 22.1. The zero-order chi connectivity index (χ0) is 45.9. The molecule has 0 radical (unpaired) electrons. The van der Waals surface area contributed by atoms with Gasteiger partial charge < -0.3 is 26.0 Å². The van der Waals surface area contributed by atoms with Crippen LogP contribution >= 0.6 is 0 Å². The summed E-state index contributed by atoms with van der Waals surface area (Å²) >= 11 is 0. The van der Waals surface area contributed by atoms with Crippen molar-refractivity contribution in [2.24, 2.45) is 0 Å². The molecule has 10 aromatic rings. The highest BCUT2D eigenvalue weighted by Crippen LogP contribution is 2.43. The predicted molar refractivity (Wildman–Crippen MR) is 288 cm³/mol. The highest BCUT2D eigenvalue weighted by Gasteiger charge is 2.18. The summed E-state index contributed by atoms with van der Waals surface area (Å²) in [6, 6.07) is 82.9. The van der Waals surface area contributed by atoms with Crippen molar-refractivity contribution in [3.8, 4) is 56.0 Å². The van der Waals surface area contributed by atoms with E-state index >= 15 is 0 Å². The molecule has 4 N–H and O–H groups in total. The fourth-order valence-electron chi connectivity index (χ4n) is 9.71. The average molecular weight is 891 g/mol. The topological polar surface area (TPSA) is 57.4 Å². The molecule has 69 heavy (non-hydrogen) atoms. The maximum atomic E-state index is 6.58. The van der Waals surface area contributed by atoms with Gasteiger partial charge in [-0.05, 0) is 119 Å². The van der Waals surface area contributed by atoms with Crippen LogP contribution in [0.25, 0.3) is 44.5 Å². The molecular formula is C64H50N4O. The molecule has 5 nitrogen and oxygen atoms in total. The molecule has 0 amide bonds. The van der Waals surface area contributed by atoms with Crippen molar-refractivity contribution in [3.63, 3.8) is 0 Å². The Morgan fingerprint density at radius 3 is 0.870 bits per heavy atom. The lowest BCUT2D eigenvalue weighted by Crippen LogP contribution is -2.01. The molecule has 5 heteroatoms. The van der Waals surface area contributed by atoms with Crippen LogP contribution in [0.3, 0.4) is 0 Å². The van der Waals surface area contributed by atoms with Crippen LogP contribution in [0.2, 0.25) is 0 Å². The third-order valence-electron chi connectivity index (χ3n) is 13.4. The number of ether oxygens (including phenoxy) is 1. The summed E-state index contributed by atoms with van der Waals surface area (Å²) in [6.45, 7) is 0. The Hall–Kier alpha value is -8.80. The van der Waals surface area contributed by atoms with Gasteiger partial charge in [0.15, 0.2) is 0 Å². The summed E-state index contributed by atoms with van der Waals surface area (Å²) < 4.78 is 6.58. The van der Waals surface area contributed by atoms with E-state index < -0.39 is 0 Å². The maximum Gasteiger partial charge on any atom is 0.129 e. The van der Waals surface area contributed by atoms with E-state index in [0.717, 1.165) is 127 Å². The molecule has 18 bridgehead atoms. The van der Waals surface area contributed by atoms with E-state index in [1.165, 1.54) is 22.3 Å². The van der Waals surface area contributed by atoms with Crippen LogP contribution in [0.1, 0.15) is 22.3 Å². The van der Waals surface area contributed by atoms with Crippen LogP contribution in [-0.2, 0) is 25.7 Å². The van der Waals surface area contributed by atoms with Gasteiger partial charge in [0.25, 0.3) is 0 Å². The van der Waals surface area contributed by atoms with Gasteiger partial charge in [0.1, 0.15) is 11.5 Å². The average Bonchev–Trinajstić information content (AvgIpc) is 3.39.